The van der Waals surface area contributed by atoms with Gasteiger partial charge in [-0.05, 0) is 18.1 Å². The smallest absolute Gasteiger partial charge is 0.269 e. The van der Waals surface area contributed by atoms with E-state index >= 15 is 0 Å². The van der Waals surface area contributed by atoms with Gasteiger partial charge in [-0.15, -0.1) is 11.6 Å². The maximum atomic E-state index is 10.5. The molecule has 0 heterocycles. The van der Waals surface area contributed by atoms with E-state index in [9.17, 15) is 10.1 Å². The van der Waals surface area contributed by atoms with Crippen molar-refractivity contribution in [2.24, 2.45) is 5.92 Å². The van der Waals surface area contributed by atoms with Crippen molar-refractivity contribution >= 4 is 23.0 Å². The number of nitrogens with zero attached hydrogens (tertiary/aromatic N) is 1. The first-order chi connectivity index (χ1) is 8.08. The van der Waals surface area contributed by atoms with Crippen molar-refractivity contribution in [1.29, 1.82) is 0 Å². The molecular weight excluding hydrogens is 240 g/mol. The number of hydrogen-bond acceptors (Lipinski definition) is 3. The second kappa shape index (κ2) is 6.45. The van der Waals surface area contributed by atoms with Crippen LogP contribution in [0.2, 0.25) is 0 Å². The van der Waals surface area contributed by atoms with Crippen LogP contribution in [0.5, 0.6) is 0 Å². The number of non-ortho nitro benzene ring substituents is 1. The summed E-state index contributed by atoms with van der Waals surface area (Å²) in [7, 11) is 0. The number of nitro benzene ring substituents is 1. The molecule has 1 N–H and O–H groups in total. The van der Waals surface area contributed by atoms with Crippen LogP contribution in [0.3, 0.4) is 0 Å². The summed E-state index contributed by atoms with van der Waals surface area (Å²) in [6.07, 6.45) is 1.04. The van der Waals surface area contributed by atoms with E-state index in [0.717, 1.165) is 12.1 Å². The van der Waals surface area contributed by atoms with Crippen LogP contribution < -0.4 is 5.32 Å². The van der Waals surface area contributed by atoms with Gasteiger partial charge in [-0.3, -0.25) is 10.1 Å². The zero-order chi connectivity index (χ0) is 12.8. The Bertz CT molecular complexity index is 367. The zero-order valence-electron chi connectivity index (χ0n) is 10.0. The highest BCUT2D eigenvalue weighted by atomic mass is 35.5. The standard InChI is InChI=1S/C12H17ClN2O2/c1-3-9(2)12(8-13)14-10-4-6-11(7-5-10)15(16)17/h4-7,9,12,14H,3,8H2,1-2H3. The molecule has 0 spiro atoms. The Morgan fingerprint density at radius 3 is 2.41 bits per heavy atom. The van der Waals surface area contributed by atoms with Gasteiger partial charge in [-0.2, -0.15) is 0 Å². The van der Waals surface area contributed by atoms with Crippen molar-refractivity contribution in [1.82, 2.24) is 0 Å². The number of nitro groups is 1. The second-order valence-electron chi connectivity index (χ2n) is 4.09. The van der Waals surface area contributed by atoms with E-state index in [1.807, 2.05) is 0 Å². The average molecular weight is 257 g/mol. The summed E-state index contributed by atoms with van der Waals surface area (Å²) in [4.78, 5) is 10.1. The molecule has 2 atom stereocenters. The molecule has 0 aromatic heterocycles. The van der Waals surface area contributed by atoms with E-state index in [4.69, 9.17) is 11.6 Å². The molecule has 1 aromatic carbocycles. The molecule has 5 heteroatoms. The summed E-state index contributed by atoms with van der Waals surface area (Å²) in [5.41, 5.74) is 0.961. The van der Waals surface area contributed by atoms with Gasteiger partial charge in [0, 0.05) is 29.7 Å². The number of anilines is 1. The fourth-order valence-electron chi connectivity index (χ4n) is 1.51. The highest BCUT2D eigenvalue weighted by Crippen LogP contribution is 2.19. The van der Waals surface area contributed by atoms with Crippen molar-refractivity contribution < 1.29 is 4.92 Å². The van der Waals surface area contributed by atoms with Crippen LogP contribution in [0.15, 0.2) is 24.3 Å². The Hall–Kier alpha value is -1.29. The summed E-state index contributed by atoms with van der Waals surface area (Å²) >= 11 is 5.90. The molecule has 0 saturated carbocycles. The van der Waals surface area contributed by atoms with E-state index in [1.54, 1.807) is 12.1 Å². The third-order valence-electron chi connectivity index (χ3n) is 2.93. The minimum Gasteiger partial charge on any atom is -0.381 e. The molecule has 1 rings (SSSR count). The van der Waals surface area contributed by atoms with Gasteiger partial charge in [0.1, 0.15) is 0 Å². The van der Waals surface area contributed by atoms with Crippen LogP contribution in [-0.4, -0.2) is 16.8 Å². The van der Waals surface area contributed by atoms with Crippen molar-refractivity contribution in [3.8, 4) is 0 Å². The molecule has 0 amide bonds. The van der Waals surface area contributed by atoms with Gasteiger partial charge < -0.3 is 5.32 Å². The Balaban J connectivity index is 2.70. The molecule has 4 nitrogen and oxygen atoms in total. The van der Waals surface area contributed by atoms with E-state index in [-0.39, 0.29) is 11.7 Å². The number of hydrogen-bond donors (Lipinski definition) is 1. The molecule has 17 heavy (non-hydrogen) atoms. The van der Waals surface area contributed by atoms with Gasteiger partial charge in [0.25, 0.3) is 5.69 Å². The van der Waals surface area contributed by atoms with Crippen LogP contribution in [0, 0.1) is 16.0 Å². The van der Waals surface area contributed by atoms with Gasteiger partial charge in [-0.1, -0.05) is 20.3 Å². The van der Waals surface area contributed by atoms with Gasteiger partial charge in [0.05, 0.1) is 4.92 Å². The number of halogens is 1. The van der Waals surface area contributed by atoms with Crippen LogP contribution in [0.25, 0.3) is 0 Å². The molecule has 0 aliphatic carbocycles. The summed E-state index contributed by atoms with van der Waals surface area (Å²) in [6.45, 7) is 4.24. The largest absolute Gasteiger partial charge is 0.381 e. The minimum atomic E-state index is -0.405. The predicted molar refractivity (Wildman–Crippen MR) is 70.7 cm³/mol. The van der Waals surface area contributed by atoms with Crippen LogP contribution >= 0.6 is 11.6 Å². The Morgan fingerprint density at radius 1 is 1.41 bits per heavy atom. The first-order valence-electron chi connectivity index (χ1n) is 5.65. The molecule has 0 aliphatic heterocycles. The topological polar surface area (TPSA) is 55.2 Å². The molecule has 1 aromatic rings. The van der Waals surface area contributed by atoms with Crippen LogP contribution in [0.1, 0.15) is 20.3 Å². The Kier molecular flexibility index (Phi) is 5.22. The molecule has 0 fully saturated rings. The van der Waals surface area contributed by atoms with Crippen molar-refractivity contribution in [2.45, 2.75) is 26.3 Å². The number of nitrogens with one attached hydrogen (secondary N) is 1. The lowest BCUT2D eigenvalue weighted by molar-refractivity contribution is -0.384. The maximum Gasteiger partial charge on any atom is 0.269 e. The van der Waals surface area contributed by atoms with Crippen LogP contribution in [-0.2, 0) is 0 Å². The molecule has 0 radical (unpaired) electrons. The fourth-order valence-corrected chi connectivity index (χ4v) is 1.89. The van der Waals surface area contributed by atoms with E-state index in [0.29, 0.717) is 11.8 Å². The summed E-state index contributed by atoms with van der Waals surface area (Å²) in [6, 6.07) is 6.58. The highest BCUT2D eigenvalue weighted by Gasteiger charge is 2.14. The van der Waals surface area contributed by atoms with E-state index < -0.39 is 4.92 Å². The molecule has 94 valence electrons. The Morgan fingerprint density at radius 2 is 2.00 bits per heavy atom. The van der Waals surface area contributed by atoms with E-state index in [2.05, 4.69) is 19.2 Å². The first-order valence-corrected chi connectivity index (χ1v) is 6.18. The summed E-state index contributed by atoms with van der Waals surface area (Å²) < 4.78 is 0. The van der Waals surface area contributed by atoms with Gasteiger partial charge in [0.15, 0.2) is 0 Å². The van der Waals surface area contributed by atoms with Crippen LogP contribution in [0.4, 0.5) is 11.4 Å². The molecule has 0 aliphatic rings. The second-order valence-corrected chi connectivity index (χ2v) is 4.40. The maximum absolute atomic E-state index is 10.5. The number of benzene rings is 1. The lowest BCUT2D eigenvalue weighted by Gasteiger charge is -2.23. The van der Waals surface area contributed by atoms with Gasteiger partial charge in [-0.25, -0.2) is 0 Å². The highest BCUT2D eigenvalue weighted by molar-refractivity contribution is 6.18. The first kappa shape index (κ1) is 13.8. The van der Waals surface area contributed by atoms with Crippen molar-refractivity contribution in [3.63, 3.8) is 0 Å². The monoisotopic (exact) mass is 256 g/mol. The lowest BCUT2D eigenvalue weighted by Crippen LogP contribution is -2.28. The zero-order valence-corrected chi connectivity index (χ0v) is 10.8. The van der Waals surface area contributed by atoms with E-state index in [1.165, 1.54) is 12.1 Å². The third kappa shape index (κ3) is 3.89. The lowest BCUT2D eigenvalue weighted by atomic mass is 10.0. The third-order valence-corrected chi connectivity index (χ3v) is 3.26. The quantitative estimate of drug-likeness (QED) is 0.480. The predicted octanol–water partition coefficient (Wildman–Crippen LogP) is 3.66. The molecular formula is C12H17ClN2O2. The fraction of sp³-hybridized carbons (Fsp3) is 0.500. The molecule has 0 bridgehead atoms. The summed E-state index contributed by atoms with van der Waals surface area (Å²) in [5, 5.41) is 13.8. The Labute approximate surface area is 106 Å². The molecule has 0 saturated heterocycles. The van der Waals surface area contributed by atoms with Gasteiger partial charge >= 0.3 is 0 Å². The van der Waals surface area contributed by atoms with Crippen molar-refractivity contribution in [2.75, 3.05) is 11.2 Å². The SMILES string of the molecule is CCC(C)C(CCl)Nc1ccc([N+](=O)[O-])cc1. The number of alkyl halides is 1. The number of rotatable bonds is 6. The summed E-state index contributed by atoms with van der Waals surface area (Å²) in [5.74, 6) is 0.981. The normalized spacial score (nSPS) is 14.1. The minimum absolute atomic E-state index is 0.0986. The average Bonchev–Trinajstić information content (AvgIpc) is 2.35. The molecule has 2 unspecified atom stereocenters. The van der Waals surface area contributed by atoms with Crippen molar-refractivity contribution in [3.05, 3.63) is 34.4 Å². The van der Waals surface area contributed by atoms with Gasteiger partial charge in [0.2, 0.25) is 0 Å².